The Bertz CT molecular complexity index is 876. The van der Waals surface area contributed by atoms with Crippen LogP contribution in [0.5, 0.6) is 0 Å². The lowest BCUT2D eigenvalue weighted by Crippen LogP contribution is -2.50. The third-order valence-electron chi connectivity index (χ3n) is 4.45. The minimum atomic E-state index is -0.435. The van der Waals surface area contributed by atoms with Crippen LogP contribution < -0.4 is 5.32 Å². The lowest BCUT2D eigenvalue weighted by atomic mass is 10.2. The number of nitrogens with one attached hydrogen (secondary N) is 1. The highest BCUT2D eigenvalue weighted by molar-refractivity contribution is 5.94. The molecule has 1 saturated heterocycles. The summed E-state index contributed by atoms with van der Waals surface area (Å²) in [6, 6.07) is 6.75. The molecule has 2 heterocycles. The molecule has 28 heavy (non-hydrogen) atoms. The Hall–Kier alpha value is -3.49. The number of hydrogen-bond acceptors (Lipinski definition) is 7. The molecule has 146 valence electrons. The van der Waals surface area contributed by atoms with E-state index in [4.69, 9.17) is 4.74 Å². The Morgan fingerprint density at radius 3 is 2.25 bits per heavy atom. The van der Waals surface area contributed by atoms with Crippen molar-refractivity contribution in [2.24, 2.45) is 0 Å². The first-order valence-corrected chi connectivity index (χ1v) is 8.80. The standard InChI is InChI=1S/C19H21N5O4/c1-13(25)23-6-8-24(9-7-23)17(26)15-11-20-19(21-12-15)22-16-5-3-4-14(10-16)18(27)28-2/h3-5,10-12H,6-9H2,1-2H3,(H,20,21,22). The zero-order chi connectivity index (χ0) is 20.1. The van der Waals surface area contributed by atoms with E-state index in [1.165, 1.54) is 26.4 Å². The summed E-state index contributed by atoms with van der Waals surface area (Å²) in [6.07, 6.45) is 2.92. The number of aromatic nitrogens is 2. The van der Waals surface area contributed by atoms with Crippen molar-refractivity contribution in [2.75, 3.05) is 38.6 Å². The number of ether oxygens (including phenoxy) is 1. The van der Waals surface area contributed by atoms with Gasteiger partial charge in [-0.1, -0.05) is 6.07 Å². The quantitative estimate of drug-likeness (QED) is 0.794. The van der Waals surface area contributed by atoms with Gasteiger partial charge < -0.3 is 19.9 Å². The number of piperazine rings is 1. The summed E-state index contributed by atoms with van der Waals surface area (Å²) in [4.78, 5) is 47.3. The molecule has 1 N–H and O–H groups in total. The Kier molecular flexibility index (Phi) is 5.83. The molecule has 1 aromatic heterocycles. The first kappa shape index (κ1) is 19.3. The molecule has 0 aliphatic carbocycles. The summed E-state index contributed by atoms with van der Waals surface area (Å²) in [5.41, 5.74) is 1.41. The molecule has 9 nitrogen and oxygen atoms in total. The molecule has 0 spiro atoms. The number of hydrogen-bond donors (Lipinski definition) is 1. The second-order valence-electron chi connectivity index (χ2n) is 6.29. The van der Waals surface area contributed by atoms with E-state index in [-0.39, 0.29) is 11.8 Å². The smallest absolute Gasteiger partial charge is 0.337 e. The molecular formula is C19H21N5O4. The van der Waals surface area contributed by atoms with E-state index in [1.807, 2.05) is 0 Å². The van der Waals surface area contributed by atoms with E-state index in [1.54, 1.807) is 34.1 Å². The van der Waals surface area contributed by atoms with Gasteiger partial charge >= 0.3 is 5.97 Å². The molecule has 1 aromatic carbocycles. The van der Waals surface area contributed by atoms with Crippen LogP contribution in [-0.4, -0.2) is 70.8 Å². The van der Waals surface area contributed by atoms with Crippen LogP contribution in [0.3, 0.4) is 0 Å². The minimum absolute atomic E-state index is 0.0159. The summed E-state index contributed by atoms with van der Waals surface area (Å²) in [7, 11) is 1.32. The van der Waals surface area contributed by atoms with Gasteiger partial charge in [0.25, 0.3) is 5.91 Å². The molecule has 0 atom stereocenters. The van der Waals surface area contributed by atoms with Crippen LogP contribution in [0, 0.1) is 0 Å². The van der Waals surface area contributed by atoms with E-state index in [0.717, 1.165) is 0 Å². The Balaban J connectivity index is 1.63. The molecule has 0 unspecified atom stereocenters. The Labute approximate surface area is 162 Å². The van der Waals surface area contributed by atoms with Gasteiger partial charge in [-0.05, 0) is 18.2 Å². The van der Waals surface area contributed by atoms with E-state index in [9.17, 15) is 14.4 Å². The highest BCUT2D eigenvalue weighted by Gasteiger charge is 2.23. The fraction of sp³-hybridized carbons (Fsp3) is 0.316. The lowest BCUT2D eigenvalue weighted by molar-refractivity contribution is -0.130. The molecule has 2 amide bonds. The van der Waals surface area contributed by atoms with Crippen molar-refractivity contribution in [3.8, 4) is 0 Å². The number of rotatable bonds is 4. The number of esters is 1. The highest BCUT2D eigenvalue weighted by Crippen LogP contribution is 2.16. The zero-order valence-corrected chi connectivity index (χ0v) is 15.7. The second-order valence-corrected chi connectivity index (χ2v) is 6.29. The third kappa shape index (κ3) is 4.43. The van der Waals surface area contributed by atoms with Crippen LogP contribution >= 0.6 is 0 Å². The lowest BCUT2D eigenvalue weighted by Gasteiger charge is -2.34. The molecule has 0 saturated carbocycles. The summed E-state index contributed by atoms with van der Waals surface area (Å²) in [5.74, 6) is -0.278. The van der Waals surface area contributed by atoms with Crippen LogP contribution in [-0.2, 0) is 9.53 Å². The molecule has 9 heteroatoms. The van der Waals surface area contributed by atoms with Gasteiger partial charge in [0.05, 0.1) is 18.2 Å². The zero-order valence-electron chi connectivity index (χ0n) is 15.7. The number of carbonyl (C=O) groups excluding carboxylic acids is 3. The fourth-order valence-corrected chi connectivity index (χ4v) is 2.88. The SMILES string of the molecule is COC(=O)c1cccc(Nc2ncc(C(=O)N3CCN(C(C)=O)CC3)cn2)c1. The molecule has 1 aliphatic rings. The maximum absolute atomic E-state index is 12.6. The van der Waals surface area contributed by atoms with Gasteiger partial charge in [0, 0.05) is 51.2 Å². The van der Waals surface area contributed by atoms with Crippen molar-refractivity contribution in [2.45, 2.75) is 6.92 Å². The van der Waals surface area contributed by atoms with Gasteiger partial charge in [0.1, 0.15) is 0 Å². The van der Waals surface area contributed by atoms with Gasteiger partial charge in [-0.3, -0.25) is 9.59 Å². The van der Waals surface area contributed by atoms with Crippen LogP contribution in [0.15, 0.2) is 36.7 Å². The number of anilines is 2. The first-order valence-electron chi connectivity index (χ1n) is 8.80. The van der Waals surface area contributed by atoms with Crippen molar-refractivity contribution in [1.29, 1.82) is 0 Å². The predicted molar refractivity (Wildman–Crippen MR) is 101 cm³/mol. The van der Waals surface area contributed by atoms with Crippen LogP contribution in [0.1, 0.15) is 27.6 Å². The van der Waals surface area contributed by atoms with E-state index < -0.39 is 5.97 Å². The second kappa shape index (κ2) is 8.47. The minimum Gasteiger partial charge on any atom is -0.465 e. The number of nitrogens with zero attached hydrogens (tertiary/aromatic N) is 4. The van der Waals surface area contributed by atoms with Gasteiger partial charge in [0.2, 0.25) is 11.9 Å². The first-order chi connectivity index (χ1) is 13.5. The van der Waals surface area contributed by atoms with Gasteiger partial charge in [-0.2, -0.15) is 0 Å². The van der Waals surface area contributed by atoms with Crippen LogP contribution in [0.25, 0.3) is 0 Å². The molecular weight excluding hydrogens is 362 g/mol. The maximum Gasteiger partial charge on any atom is 0.337 e. The predicted octanol–water partition coefficient (Wildman–Crippen LogP) is 1.31. The van der Waals surface area contributed by atoms with Crippen molar-refractivity contribution in [1.82, 2.24) is 19.8 Å². The van der Waals surface area contributed by atoms with E-state index in [2.05, 4.69) is 15.3 Å². The number of benzene rings is 1. The topological polar surface area (TPSA) is 105 Å². The summed E-state index contributed by atoms with van der Waals surface area (Å²) < 4.78 is 4.70. The van der Waals surface area contributed by atoms with Gasteiger partial charge in [0.15, 0.2) is 0 Å². The van der Waals surface area contributed by atoms with E-state index >= 15 is 0 Å². The maximum atomic E-state index is 12.6. The monoisotopic (exact) mass is 383 g/mol. The van der Waals surface area contributed by atoms with Gasteiger partial charge in [-0.25, -0.2) is 14.8 Å². The number of carbonyl (C=O) groups is 3. The average Bonchev–Trinajstić information content (AvgIpc) is 2.73. The molecule has 3 rings (SSSR count). The van der Waals surface area contributed by atoms with Crippen molar-refractivity contribution < 1.29 is 19.1 Å². The summed E-state index contributed by atoms with van der Waals surface area (Å²) in [5, 5.41) is 2.99. The molecule has 0 bridgehead atoms. The average molecular weight is 383 g/mol. The Morgan fingerprint density at radius 2 is 1.64 bits per heavy atom. The third-order valence-corrected chi connectivity index (χ3v) is 4.45. The Morgan fingerprint density at radius 1 is 1.00 bits per heavy atom. The summed E-state index contributed by atoms with van der Waals surface area (Å²) in [6.45, 7) is 3.55. The molecule has 2 aromatic rings. The molecule has 1 aliphatic heterocycles. The highest BCUT2D eigenvalue weighted by atomic mass is 16.5. The molecule has 1 fully saturated rings. The summed E-state index contributed by atoms with van der Waals surface area (Å²) >= 11 is 0. The van der Waals surface area contributed by atoms with Crippen molar-refractivity contribution in [3.63, 3.8) is 0 Å². The van der Waals surface area contributed by atoms with Crippen LogP contribution in [0.4, 0.5) is 11.6 Å². The number of amides is 2. The molecule has 0 radical (unpaired) electrons. The fourth-order valence-electron chi connectivity index (χ4n) is 2.88. The largest absolute Gasteiger partial charge is 0.465 e. The normalized spacial score (nSPS) is 13.8. The van der Waals surface area contributed by atoms with Crippen molar-refractivity contribution >= 4 is 29.4 Å². The van der Waals surface area contributed by atoms with Gasteiger partial charge in [-0.15, -0.1) is 0 Å². The van der Waals surface area contributed by atoms with Crippen molar-refractivity contribution in [3.05, 3.63) is 47.8 Å². The van der Waals surface area contributed by atoms with Crippen LogP contribution in [0.2, 0.25) is 0 Å². The van der Waals surface area contributed by atoms with E-state index in [0.29, 0.717) is 48.9 Å². The number of methoxy groups -OCH3 is 1.